The van der Waals surface area contributed by atoms with Crippen LogP contribution in [0.4, 0.5) is 0 Å². The first-order valence-corrected chi connectivity index (χ1v) is 3.16. The minimum absolute atomic E-state index is 0.653. The molecule has 0 rings (SSSR count). The summed E-state index contributed by atoms with van der Waals surface area (Å²) in [5.74, 6) is 0.653. The van der Waals surface area contributed by atoms with E-state index < -0.39 is 0 Å². The summed E-state index contributed by atoms with van der Waals surface area (Å²) >= 11 is 0. The molecule has 2 N–H and O–H groups in total. The van der Waals surface area contributed by atoms with Crippen LogP contribution in [0, 0.1) is 0 Å². The average Bonchev–Trinajstić information content (AvgIpc) is 1.87. The average molecular weight is 126 g/mol. The minimum Gasteiger partial charge on any atom is -0.384 e. The van der Waals surface area contributed by atoms with Crippen LogP contribution in [0.5, 0.6) is 0 Å². The van der Waals surface area contributed by atoms with E-state index in [1.165, 1.54) is 0 Å². The second-order valence-electron chi connectivity index (χ2n) is 1.91. The summed E-state index contributed by atoms with van der Waals surface area (Å²) in [5, 5.41) is 0. The number of nitrogens with zero attached hydrogens (tertiary/aromatic N) is 1. The number of allylic oxidation sites excluding steroid dienone is 1. The lowest BCUT2D eigenvalue weighted by molar-refractivity contribution is 1.03. The lowest BCUT2D eigenvalue weighted by atomic mass is 10.2. The lowest BCUT2D eigenvalue weighted by Gasteiger charge is -1.96. The van der Waals surface area contributed by atoms with Crippen LogP contribution in [0.25, 0.3) is 0 Å². The third kappa shape index (κ3) is 2.90. The van der Waals surface area contributed by atoms with Gasteiger partial charge in [-0.25, -0.2) is 4.99 Å². The van der Waals surface area contributed by atoms with Gasteiger partial charge in [0.2, 0.25) is 0 Å². The van der Waals surface area contributed by atoms with Crippen molar-refractivity contribution >= 4 is 6.21 Å². The molecule has 0 fully saturated rings. The van der Waals surface area contributed by atoms with Gasteiger partial charge in [0, 0.05) is 6.21 Å². The molecule has 0 aromatic carbocycles. The molecule has 0 radical (unpaired) electrons. The maximum absolute atomic E-state index is 5.52. The maximum atomic E-state index is 5.52. The Morgan fingerprint density at radius 2 is 2.22 bits per heavy atom. The molecular weight excluding hydrogens is 112 g/mol. The summed E-state index contributed by atoms with van der Waals surface area (Å²) in [6, 6.07) is 0. The van der Waals surface area contributed by atoms with Gasteiger partial charge in [0.15, 0.2) is 0 Å². The third-order valence-electron chi connectivity index (χ3n) is 1.24. The van der Waals surface area contributed by atoms with Crippen LogP contribution in [-0.4, -0.2) is 6.21 Å². The van der Waals surface area contributed by atoms with Gasteiger partial charge in [-0.2, -0.15) is 0 Å². The molecule has 52 valence electrons. The number of nitrogens with two attached hydrogens (primary N) is 1. The van der Waals surface area contributed by atoms with E-state index in [-0.39, 0.29) is 0 Å². The van der Waals surface area contributed by atoms with E-state index >= 15 is 0 Å². The first kappa shape index (κ1) is 8.21. The molecular formula is C7H14N2. The quantitative estimate of drug-likeness (QED) is 0.561. The SMILES string of the molecule is C/C=N\C(N)=C(\C)CC. The second kappa shape index (κ2) is 4.13. The van der Waals surface area contributed by atoms with E-state index in [9.17, 15) is 0 Å². The third-order valence-corrected chi connectivity index (χ3v) is 1.24. The largest absolute Gasteiger partial charge is 0.384 e. The van der Waals surface area contributed by atoms with Crippen LogP contribution in [0.2, 0.25) is 0 Å². The Morgan fingerprint density at radius 1 is 1.67 bits per heavy atom. The second-order valence-corrected chi connectivity index (χ2v) is 1.91. The van der Waals surface area contributed by atoms with E-state index in [0.717, 1.165) is 12.0 Å². The topological polar surface area (TPSA) is 38.4 Å². The fourth-order valence-electron chi connectivity index (χ4n) is 0.430. The zero-order valence-electron chi connectivity index (χ0n) is 6.31. The van der Waals surface area contributed by atoms with Crippen LogP contribution in [-0.2, 0) is 0 Å². The van der Waals surface area contributed by atoms with Crippen molar-refractivity contribution in [1.29, 1.82) is 0 Å². The van der Waals surface area contributed by atoms with Crippen LogP contribution in [0.1, 0.15) is 27.2 Å². The number of hydrogen-bond donors (Lipinski definition) is 1. The fourth-order valence-corrected chi connectivity index (χ4v) is 0.430. The van der Waals surface area contributed by atoms with E-state index in [4.69, 9.17) is 5.73 Å². The molecule has 0 bridgehead atoms. The van der Waals surface area contributed by atoms with Gasteiger partial charge in [-0.05, 0) is 25.8 Å². The predicted molar refractivity (Wildman–Crippen MR) is 41.3 cm³/mol. The molecule has 2 nitrogen and oxygen atoms in total. The van der Waals surface area contributed by atoms with Crippen LogP contribution < -0.4 is 5.73 Å². The normalized spacial score (nSPS) is 14.1. The summed E-state index contributed by atoms with van der Waals surface area (Å²) in [6.45, 7) is 5.91. The van der Waals surface area contributed by atoms with Crippen molar-refractivity contribution in [2.24, 2.45) is 10.7 Å². The van der Waals surface area contributed by atoms with Crippen LogP contribution in [0.15, 0.2) is 16.4 Å². The highest BCUT2D eigenvalue weighted by molar-refractivity contribution is 5.55. The van der Waals surface area contributed by atoms with Gasteiger partial charge in [-0.3, -0.25) is 0 Å². The highest BCUT2D eigenvalue weighted by Gasteiger charge is 1.88. The van der Waals surface area contributed by atoms with Crippen LogP contribution >= 0.6 is 0 Å². The van der Waals surface area contributed by atoms with E-state index in [1.54, 1.807) is 6.21 Å². The van der Waals surface area contributed by atoms with Crippen LogP contribution in [0.3, 0.4) is 0 Å². The minimum atomic E-state index is 0.653. The molecule has 0 aromatic heterocycles. The summed E-state index contributed by atoms with van der Waals surface area (Å²) in [5.41, 5.74) is 6.67. The smallest absolute Gasteiger partial charge is 0.121 e. The van der Waals surface area contributed by atoms with Gasteiger partial charge in [0.05, 0.1) is 0 Å². The summed E-state index contributed by atoms with van der Waals surface area (Å²) < 4.78 is 0. The van der Waals surface area contributed by atoms with Gasteiger partial charge in [0.25, 0.3) is 0 Å². The molecule has 0 aliphatic rings. The monoisotopic (exact) mass is 126 g/mol. The van der Waals surface area contributed by atoms with Gasteiger partial charge >= 0.3 is 0 Å². The molecule has 2 heteroatoms. The standard InChI is InChI=1S/C7H14N2/c1-4-6(3)7(8)9-5-2/h5H,4,8H2,1-3H3/b7-6-,9-5-. The molecule has 9 heavy (non-hydrogen) atoms. The van der Waals surface area contributed by atoms with Crippen molar-refractivity contribution in [1.82, 2.24) is 0 Å². The van der Waals surface area contributed by atoms with Crippen molar-refractivity contribution in [2.45, 2.75) is 27.2 Å². The predicted octanol–water partition coefficient (Wildman–Crippen LogP) is 1.68. The fraction of sp³-hybridized carbons (Fsp3) is 0.571. The number of rotatable bonds is 2. The molecule has 0 aliphatic heterocycles. The molecule has 0 heterocycles. The Labute approximate surface area is 56.5 Å². The zero-order chi connectivity index (χ0) is 7.28. The highest BCUT2D eigenvalue weighted by Crippen LogP contribution is 2.02. The molecule has 0 saturated carbocycles. The molecule has 0 atom stereocenters. The van der Waals surface area contributed by atoms with Gasteiger partial charge < -0.3 is 5.73 Å². The van der Waals surface area contributed by atoms with Gasteiger partial charge in [0.1, 0.15) is 5.82 Å². The Balaban J connectivity index is 4.10. The molecule has 0 aliphatic carbocycles. The Kier molecular flexibility index (Phi) is 3.76. The maximum Gasteiger partial charge on any atom is 0.121 e. The molecule has 0 saturated heterocycles. The Bertz CT molecular complexity index is 134. The molecule has 0 unspecified atom stereocenters. The van der Waals surface area contributed by atoms with Crippen molar-refractivity contribution in [2.75, 3.05) is 0 Å². The van der Waals surface area contributed by atoms with E-state index in [2.05, 4.69) is 11.9 Å². The summed E-state index contributed by atoms with van der Waals surface area (Å²) in [4.78, 5) is 3.93. The van der Waals surface area contributed by atoms with E-state index in [1.807, 2.05) is 13.8 Å². The Morgan fingerprint density at radius 3 is 2.56 bits per heavy atom. The Hall–Kier alpha value is -0.790. The first-order chi connectivity index (χ1) is 4.22. The number of hydrogen-bond acceptors (Lipinski definition) is 2. The molecule has 0 amide bonds. The van der Waals surface area contributed by atoms with Gasteiger partial charge in [-0.1, -0.05) is 6.92 Å². The number of aliphatic imine (C=N–C) groups is 1. The van der Waals surface area contributed by atoms with E-state index in [0.29, 0.717) is 5.82 Å². The summed E-state index contributed by atoms with van der Waals surface area (Å²) in [7, 11) is 0. The zero-order valence-corrected chi connectivity index (χ0v) is 6.31. The summed E-state index contributed by atoms with van der Waals surface area (Å²) in [6.07, 6.45) is 2.68. The lowest BCUT2D eigenvalue weighted by Crippen LogP contribution is -1.96. The van der Waals surface area contributed by atoms with Gasteiger partial charge in [-0.15, -0.1) is 0 Å². The van der Waals surface area contributed by atoms with Crippen molar-refractivity contribution in [3.8, 4) is 0 Å². The molecule has 0 spiro atoms. The van der Waals surface area contributed by atoms with Crippen molar-refractivity contribution < 1.29 is 0 Å². The van der Waals surface area contributed by atoms with Crippen molar-refractivity contribution in [3.63, 3.8) is 0 Å². The first-order valence-electron chi connectivity index (χ1n) is 3.16. The molecule has 0 aromatic rings. The highest BCUT2D eigenvalue weighted by atomic mass is 14.9. The van der Waals surface area contributed by atoms with Crippen molar-refractivity contribution in [3.05, 3.63) is 11.4 Å².